The Morgan fingerprint density at radius 1 is 1.38 bits per heavy atom. The lowest BCUT2D eigenvalue weighted by atomic mass is 10.0. The number of pyridine rings is 1. The van der Waals surface area contributed by atoms with Gasteiger partial charge in [-0.15, -0.1) is 6.58 Å². The number of ether oxygens (including phenoxy) is 1. The first-order valence-corrected chi connectivity index (χ1v) is 8.84. The number of hydrogen-bond donors (Lipinski definition) is 0. The van der Waals surface area contributed by atoms with E-state index in [2.05, 4.69) is 6.58 Å². The second-order valence-corrected chi connectivity index (χ2v) is 6.65. The molecule has 0 saturated heterocycles. The third kappa shape index (κ3) is 3.66. The third-order valence-corrected chi connectivity index (χ3v) is 4.75. The number of aromatic nitrogens is 1. The Kier molecular flexibility index (Phi) is 5.31. The van der Waals surface area contributed by atoms with Crippen LogP contribution in [0.15, 0.2) is 47.9 Å². The molecule has 0 radical (unpaired) electrons. The van der Waals surface area contributed by atoms with Gasteiger partial charge in [-0.1, -0.05) is 6.08 Å². The van der Waals surface area contributed by atoms with E-state index in [9.17, 15) is 24.5 Å². The minimum Gasteiger partial charge on any atom is -0.482 e. The maximum atomic E-state index is 13.0. The zero-order valence-corrected chi connectivity index (χ0v) is 16.0. The number of benzene rings is 1. The molecule has 1 aromatic carbocycles. The number of nitro groups is 1. The summed E-state index contributed by atoms with van der Waals surface area (Å²) in [6.45, 7) is 6.74. The highest BCUT2D eigenvalue weighted by Crippen LogP contribution is 2.34. The summed E-state index contributed by atoms with van der Waals surface area (Å²) in [5.74, 6) is -0.233. The molecule has 1 amide bonds. The van der Waals surface area contributed by atoms with Crippen LogP contribution in [0.1, 0.15) is 28.9 Å². The zero-order chi connectivity index (χ0) is 21.3. The minimum atomic E-state index is -0.979. The molecule has 1 unspecified atom stereocenters. The van der Waals surface area contributed by atoms with Crippen molar-refractivity contribution in [3.63, 3.8) is 0 Å². The van der Waals surface area contributed by atoms with Crippen molar-refractivity contribution in [1.82, 2.24) is 4.57 Å². The van der Waals surface area contributed by atoms with Gasteiger partial charge in [0, 0.05) is 23.7 Å². The molecule has 0 N–H and O–H groups in total. The molecule has 0 fully saturated rings. The average molecular weight is 397 g/mol. The lowest BCUT2D eigenvalue weighted by Gasteiger charge is -2.29. The van der Waals surface area contributed by atoms with Crippen molar-refractivity contribution in [2.24, 2.45) is 0 Å². The van der Waals surface area contributed by atoms with Crippen LogP contribution in [0, 0.1) is 17.0 Å². The van der Waals surface area contributed by atoms with Gasteiger partial charge in [0.1, 0.15) is 5.75 Å². The number of nitrogens with zero attached hydrogens (tertiary/aromatic N) is 3. The van der Waals surface area contributed by atoms with Crippen LogP contribution in [-0.2, 0) is 4.79 Å². The van der Waals surface area contributed by atoms with Crippen LogP contribution in [0.25, 0.3) is 0 Å². The monoisotopic (exact) mass is 397 g/mol. The molecule has 3 rings (SSSR count). The summed E-state index contributed by atoms with van der Waals surface area (Å²) in [7, 11) is 0. The van der Waals surface area contributed by atoms with Crippen molar-refractivity contribution in [3.8, 4) is 5.75 Å². The largest absolute Gasteiger partial charge is 0.482 e. The highest BCUT2D eigenvalue weighted by atomic mass is 16.6. The lowest BCUT2D eigenvalue weighted by Crippen LogP contribution is -2.39. The van der Waals surface area contributed by atoms with Crippen molar-refractivity contribution >= 4 is 23.1 Å². The van der Waals surface area contributed by atoms with Crippen molar-refractivity contribution < 1.29 is 19.2 Å². The van der Waals surface area contributed by atoms with Gasteiger partial charge >= 0.3 is 0 Å². The van der Waals surface area contributed by atoms with E-state index in [4.69, 9.17) is 4.74 Å². The maximum absolute atomic E-state index is 13.0. The number of ketones is 1. The molecule has 2 heterocycles. The Bertz CT molecular complexity index is 1090. The average Bonchev–Trinajstić information content (AvgIpc) is 2.68. The summed E-state index contributed by atoms with van der Waals surface area (Å²) >= 11 is 0. The number of carbonyl (C=O) groups excluding carboxylic acids is 2. The fraction of sp³-hybridized carbons (Fsp3) is 0.250. The molecule has 0 spiro atoms. The number of anilines is 1. The third-order valence-electron chi connectivity index (χ3n) is 4.75. The quantitative estimate of drug-likeness (QED) is 0.320. The second-order valence-electron chi connectivity index (χ2n) is 6.65. The highest BCUT2D eigenvalue weighted by molar-refractivity contribution is 6.03. The van der Waals surface area contributed by atoms with E-state index >= 15 is 0 Å². The fourth-order valence-corrected chi connectivity index (χ4v) is 3.18. The predicted molar refractivity (Wildman–Crippen MR) is 106 cm³/mol. The van der Waals surface area contributed by atoms with Crippen LogP contribution in [0.5, 0.6) is 5.75 Å². The summed E-state index contributed by atoms with van der Waals surface area (Å²) < 4.78 is 6.44. The normalized spacial score (nSPS) is 14.0. The van der Waals surface area contributed by atoms with Crippen LogP contribution < -0.4 is 15.2 Å². The Balaban J connectivity index is 2.00. The van der Waals surface area contributed by atoms with E-state index in [0.29, 0.717) is 11.4 Å². The van der Waals surface area contributed by atoms with Gasteiger partial charge in [0.15, 0.2) is 12.4 Å². The minimum absolute atomic E-state index is 0.104. The van der Waals surface area contributed by atoms with Crippen LogP contribution in [-0.4, -0.2) is 34.3 Å². The summed E-state index contributed by atoms with van der Waals surface area (Å²) in [6.07, 6.45) is 2.64. The molecule has 1 atom stereocenters. The summed E-state index contributed by atoms with van der Waals surface area (Å²) in [4.78, 5) is 49.5. The predicted octanol–water partition coefficient (Wildman–Crippen LogP) is 2.42. The molecule has 0 aliphatic carbocycles. The van der Waals surface area contributed by atoms with E-state index in [-0.39, 0.29) is 35.9 Å². The SMILES string of the molecule is C=CCN1C(=O)COc2ccc(C(=O)C(C)n3cc([N+](=O)[O-])c(C)cc3=O)cc21. The van der Waals surface area contributed by atoms with Crippen LogP contribution in [0.2, 0.25) is 0 Å². The van der Waals surface area contributed by atoms with Crippen molar-refractivity contribution in [2.75, 3.05) is 18.1 Å². The van der Waals surface area contributed by atoms with E-state index in [0.717, 1.165) is 16.8 Å². The standard InChI is InChI=1S/C20H19N3O6/c1-4-7-21-15-9-14(5-6-17(15)29-11-19(21)25)20(26)13(3)22-10-16(23(27)28)12(2)8-18(22)24/h4-6,8-10,13H,1,7,11H2,2-3H3. The molecule has 1 aromatic heterocycles. The van der Waals surface area contributed by atoms with Gasteiger partial charge in [0.05, 0.1) is 22.8 Å². The first-order chi connectivity index (χ1) is 13.7. The van der Waals surface area contributed by atoms with Crippen molar-refractivity contribution in [2.45, 2.75) is 19.9 Å². The Labute approximate surface area is 166 Å². The number of fused-ring (bicyclic) bond motifs is 1. The number of carbonyl (C=O) groups is 2. The molecule has 9 nitrogen and oxygen atoms in total. The second kappa shape index (κ2) is 7.70. The summed E-state index contributed by atoms with van der Waals surface area (Å²) in [6, 6.07) is 4.79. The number of Topliss-reactive ketones (excluding diaryl/α,β-unsaturated/α-hetero) is 1. The molecule has 29 heavy (non-hydrogen) atoms. The fourth-order valence-electron chi connectivity index (χ4n) is 3.18. The number of aryl methyl sites for hydroxylation is 1. The van der Waals surface area contributed by atoms with Crippen LogP contribution in [0.3, 0.4) is 0 Å². The molecule has 1 aliphatic heterocycles. The zero-order valence-electron chi connectivity index (χ0n) is 16.0. The smallest absolute Gasteiger partial charge is 0.288 e. The van der Waals surface area contributed by atoms with Gasteiger partial charge in [-0.3, -0.25) is 29.1 Å². The first kappa shape index (κ1) is 20.0. The molecule has 0 saturated carbocycles. The van der Waals surface area contributed by atoms with Gasteiger partial charge in [0.2, 0.25) is 0 Å². The van der Waals surface area contributed by atoms with Crippen LogP contribution >= 0.6 is 0 Å². The molecular formula is C20H19N3O6. The summed E-state index contributed by atoms with van der Waals surface area (Å²) in [5, 5.41) is 11.2. The summed E-state index contributed by atoms with van der Waals surface area (Å²) in [5.41, 5.74) is 0.144. The lowest BCUT2D eigenvalue weighted by molar-refractivity contribution is -0.386. The Hall–Kier alpha value is -3.75. The number of hydrogen-bond acceptors (Lipinski definition) is 6. The van der Waals surface area contributed by atoms with Crippen molar-refractivity contribution in [3.05, 3.63) is 74.7 Å². The first-order valence-electron chi connectivity index (χ1n) is 8.84. The molecule has 0 bridgehead atoms. The van der Waals surface area contributed by atoms with Crippen LogP contribution in [0.4, 0.5) is 11.4 Å². The molecule has 9 heteroatoms. The van der Waals surface area contributed by atoms with Gasteiger partial charge in [0.25, 0.3) is 17.2 Å². The molecule has 1 aliphatic rings. The maximum Gasteiger partial charge on any atom is 0.288 e. The van der Waals surface area contributed by atoms with Gasteiger partial charge < -0.3 is 9.64 Å². The van der Waals surface area contributed by atoms with E-state index in [1.165, 1.54) is 30.9 Å². The van der Waals surface area contributed by atoms with E-state index in [1.807, 2.05) is 0 Å². The highest BCUT2D eigenvalue weighted by Gasteiger charge is 2.27. The van der Waals surface area contributed by atoms with E-state index in [1.54, 1.807) is 12.1 Å². The van der Waals surface area contributed by atoms with Gasteiger partial charge in [-0.25, -0.2) is 0 Å². The topological polar surface area (TPSA) is 112 Å². The van der Waals surface area contributed by atoms with Gasteiger partial charge in [-0.05, 0) is 32.0 Å². The molecular weight excluding hydrogens is 378 g/mol. The van der Waals surface area contributed by atoms with Crippen molar-refractivity contribution in [1.29, 1.82) is 0 Å². The number of amides is 1. The Morgan fingerprint density at radius 2 is 2.10 bits per heavy atom. The molecule has 2 aromatic rings. The molecule has 150 valence electrons. The van der Waals surface area contributed by atoms with Gasteiger partial charge in [-0.2, -0.15) is 0 Å². The Morgan fingerprint density at radius 3 is 2.76 bits per heavy atom. The van der Waals surface area contributed by atoms with E-state index < -0.39 is 22.3 Å². The number of rotatable bonds is 6.